The molecule has 0 aliphatic carbocycles. The van der Waals surface area contributed by atoms with Crippen molar-refractivity contribution in [3.05, 3.63) is 25.3 Å². The van der Waals surface area contributed by atoms with Crippen molar-refractivity contribution < 1.29 is 14.7 Å². The zero-order chi connectivity index (χ0) is 13.5. The molecule has 0 aromatic heterocycles. The zero-order valence-electron chi connectivity index (χ0n) is 10.4. The molecule has 0 heterocycles. The van der Waals surface area contributed by atoms with Gasteiger partial charge in [0.15, 0.2) is 0 Å². The number of carboxylic acids is 1. The van der Waals surface area contributed by atoms with Gasteiger partial charge in [0.05, 0.1) is 0 Å². The third-order valence-electron chi connectivity index (χ3n) is 2.55. The van der Waals surface area contributed by atoms with E-state index in [0.29, 0.717) is 19.5 Å². The van der Waals surface area contributed by atoms with Crippen LogP contribution in [0.15, 0.2) is 25.3 Å². The van der Waals surface area contributed by atoms with Crippen LogP contribution in [0.4, 0.5) is 4.79 Å². The molecule has 96 valence electrons. The van der Waals surface area contributed by atoms with Gasteiger partial charge in [0.2, 0.25) is 0 Å². The van der Waals surface area contributed by atoms with Gasteiger partial charge in [0, 0.05) is 13.1 Å². The maximum absolute atomic E-state index is 11.9. The first-order valence-corrected chi connectivity index (χ1v) is 5.43. The van der Waals surface area contributed by atoms with Gasteiger partial charge < -0.3 is 15.3 Å². The van der Waals surface area contributed by atoms with Gasteiger partial charge in [-0.1, -0.05) is 19.1 Å². The molecule has 1 unspecified atom stereocenters. The van der Waals surface area contributed by atoms with Crippen LogP contribution in [-0.4, -0.2) is 40.6 Å². The normalized spacial score (nSPS) is 13.3. The molecule has 0 aliphatic rings. The van der Waals surface area contributed by atoms with E-state index in [1.807, 2.05) is 0 Å². The number of amides is 2. The number of nitrogens with one attached hydrogen (secondary N) is 1. The predicted molar refractivity (Wildman–Crippen MR) is 66.8 cm³/mol. The largest absolute Gasteiger partial charge is 0.480 e. The number of nitrogens with zero attached hydrogens (tertiary/aromatic N) is 1. The van der Waals surface area contributed by atoms with Crippen molar-refractivity contribution in [1.29, 1.82) is 0 Å². The van der Waals surface area contributed by atoms with Crippen LogP contribution in [-0.2, 0) is 4.79 Å². The molecule has 0 spiro atoms. The monoisotopic (exact) mass is 240 g/mol. The summed E-state index contributed by atoms with van der Waals surface area (Å²) in [6, 6.07) is -0.434. The van der Waals surface area contributed by atoms with Crippen LogP contribution in [0.25, 0.3) is 0 Å². The minimum atomic E-state index is -1.25. The molecule has 0 saturated heterocycles. The maximum Gasteiger partial charge on any atom is 0.329 e. The number of carboxylic acid groups (broad SMARTS) is 1. The molecular weight excluding hydrogens is 220 g/mol. The summed E-state index contributed by atoms with van der Waals surface area (Å²) in [5, 5.41) is 11.6. The van der Waals surface area contributed by atoms with Gasteiger partial charge in [-0.15, -0.1) is 13.2 Å². The lowest BCUT2D eigenvalue weighted by atomic mass is 10.00. The Labute approximate surface area is 102 Å². The molecule has 2 amide bonds. The molecule has 0 aromatic carbocycles. The highest BCUT2D eigenvalue weighted by atomic mass is 16.4. The highest BCUT2D eigenvalue weighted by Gasteiger charge is 2.33. The van der Waals surface area contributed by atoms with Gasteiger partial charge >= 0.3 is 12.0 Å². The van der Waals surface area contributed by atoms with Crippen molar-refractivity contribution in [2.75, 3.05) is 13.1 Å². The number of hydrogen-bond acceptors (Lipinski definition) is 2. The van der Waals surface area contributed by atoms with E-state index < -0.39 is 17.5 Å². The van der Waals surface area contributed by atoms with Gasteiger partial charge in [-0.2, -0.15) is 0 Å². The second kappa shape index (κ2) is 6.73. The molecule has 0 bridgehead atoms. The fraction of sp³-hybridized carbons (Fsp3) is 0.500. The van der Waals surface area contributed by atoms with Crippen molar-refractivity contribution in [1.82, 2.24) is 10.2 Å². The summed E-state index contributed by atoms with van der Waals surface area (Å²) in [5.41, 5.74) is -1.25. The van der Waals surface area contributed by atoms with E-state index in [0.717, 1.165) is 0 Å². The van der Waals surface area contributed by atoms with E-state index in [4.69, 9.17) is 5.11 Å². The molecule has 0 aromatic rings. The van der Waals surface area contributed by atoms with Crippen LogP contribution in [0.3, 0.4) is 0 Å². The highest BCUT2D eigenvalue weighted by molar-refractivity contribution is 5.85. The SMILES string of the molecule is C=CCN(CC=C)C(=O)NC(C)(CC)C(=O)O. The molecule has 17 heavy (non-hydrogen) atoms. The molecule has 1 atom stereocenters. The van der Waals surface area contributed by atoms with Crippen molar-refractivity contribution in [3.8, 4) is 0 Å². The number of urea groups is 1. The van der Waals surface area contributed by atoms with Crippen molar-refractivity contribution in [2.45, 2.75) is 25.8 Å². The molecule has 5 heteroatoms. The van der Waals surface area contributed by atoms with Gasteiger partial charge in [-0.05, 0) is 13.3 Å². The first-order chi connectivity index (χ1) is 7.91. The molecule has 5 nitrogen and oxygen atoms in total. The van der Waals surface area contributed by atoms with Crippen LogP contribution in [0, 0.1) is 0 Å². The summed E-state index contributed by atoms with van der Waals surface area (Å²) >= 11 is 0. The maximum atomic E-state index is 11.9. The number of hydrogen-bond donors (Lipinski definition) is 2. The summed E-state index contributed by atoms with van der Waals surface area (Å²) in [5.74, 6) is -1.05. The van der Waals surface area contributed by atoms with E-state index in [1.165, 1.54) is 11.8 Å². The Hall–Kier alpha value is -1.78. The third kappa shape index (κ3) is 4.30. The van der Waals surface area contributed by atoms with Crippen LogP contribution in [0.1, 0.15) is 20.3 Å². The topological polar surface area (TPSA) is 69.6 Å². The molecular formula is C12H20N2O3. The van der Waals surface area contributed by atoms with Gasteiger partial charge in [0.25, 0.3) is 0 Å². The Balaban J connectivity index is 4.73. The Morgan fingerprint density at radius 1 is 1.35 bits per heavy atom. The van der Waals surface area contributed by atoms with Crippen LogP contribution in [0.5, 0.6) is 0 Å². The second-order valence-corrected chi connectivity index (χ2v) is 3.90. The van der Waals surface area contributed by atoms with Crippen LogP contribution >= 0.6 is 0 Å². The summed E-state index contributed by atoms with van der Waals surface area (Å²) in [7, 11) is 0. The molecule has 0 radical (unpaired) electrons. The second-order valence-electron chi connectivity index (χ2n) is 3.90. The number of carbonyl (C=O) groups is 2. The van der Waals surface area contributed by atoms with Gasteiger partial charge in [0.1, 0.15) is 5.54 Å². The Morgan fingerprint density at radius 3 is 2.12 bits per heavy atom. The number of aliphatic carboxylic acids is 1. The highest BCUT2D eigenvalue weighted by Crippen LogP contribution is 2.10. The lowest BCUT2D eigenvalue weighted by molar-refractivity contribution is -0.143. The standard InChI is InChI=1S/C12H20N2O3/c1-5-8-14(9-6-2)11(17)13-12(4,7-3)10(15)16/h5-6H,1-2,7-9H2,3-4H3,(H,13,17)(H,15,16). The third-order valence-corrected chi connectivity index (χ3v) is 2.55. The van der Waals surface area contributed by atoms with Gasteiger partial charge in [-0.3, -0.25) is 0 Å². The lowest BCUT2D eigenvalue weighted by Crippen LogP contribution is -2.55. The predicted octanol–water partition coefficient (Wildman–Crippen LogP) is 1.62. The molecule has 0 fully saturated rings. The van der Waals surface area contributed by atoms with Gasteiger partial charge in [-0.25, -0.2) is 9.59 Å². The van der Waals surface area contributed by atoms with Crippen molar-refractivity contribution in [2.24, 2.45) is 0 Å². The fourth-order valence-electron chi connectivity index (χ4n) is 1.16. The minimum absolute atomic E-state index is 0.310. The summed E-state index contributed by atoms with van der Waals surface area (Å²) in [6.45, 7) is 11.0. The van der Waals surface area contributed by atoms with E-state index in [-0.39, 0.29) is 0 Å². The van der Waals surface area contributed by atoms with E-state index in [2.05, 4.69) is 18.5 Å². The van der Waals surface area contributed by atoms with Crippen LogP contribution in [0.2, 0.25) is 0 Å². The van der Waals surface area contributed by atoms with E-state index in [9.17, 15) is 9.59 Å². The fourth-order valence-corrected chi connectivity index (χ4v) is 1.16. The average Bonchev–Trinajstić information content (AvgIpc) is 2.28. The Kier molecular flexibility index (Phi) is 6.02. The number of rotatable bonds is 7. The number of carbonyl (C=O) groups excluding carboxylic acids is 1. The first-order valence-electron chi connectivity index (χ1n) is 5.43. The average molecular weight is 240 g/mol. The minimum Gasteiger partial charge on any atom is -0.480 e. The zero-order valence-corrected chi connectivity index (χ0v) is 10.4. The summed E-state index contributed by atoms with van der Waals surface area (Å²) in [4.78, 5) is 24.3. The lowest BCUT2D eigenvalue weighted by Gasteiger charge is -2.29. The quantitative estimate of drug-likeness (QED) is 0.664. The van der Waals surface area contributed by atoms with Crippen molar-refractivity contribution >= 4 is 12.0 Å². The Bertz CT molecular complexity index is 305. The summed E-state index contributed by atoms with van der Waals surface area (Å²) in [6.07, 6.45) is 3.46. The molecule has 0 saturated carbocycles. The first kappa shape index (κ1) is 15.2. The summed E-state index contributed by atoms with van der Waals surface area (Å²) < 4.78 is 0. The Morgan fingerprint density at radius 2 is 1.82 bits per heavy atom. The van der Waals surface area contributed by atoms with Crippen LogP contribution < -0.4 is 5.32 Å². The van der Waals surface area contributed by atoms with E-state index in [1.54, 1.807) is 19.1 Å². The smallest absolute Gasteiger partial charge is 0.329 e. The molecule has 2 N–H and O–H groups in total. The molecule has 0 aliphatic heterocycles. The van der Waals surface area contributed by atoms with Crippen molar-refractivity contribution in [3.63, 3.8) is 0 Å². The van der Waals surface area contributed by atoms with E-state index >= 15 is 0 Å². The molecule has 0 rings (SSSR count).